The minimum Gasteiger partial charge on any atom is -0.492 e. The average molecular weight is 282 g/mol. The lowest BCUT2D eigenvalue weighted by atomic mass is 10.1. The Balaban J connectivity index is 1.99. The maximum atomic E-state index is 6.04. The van der Waals surface area contributed by atoms with E-state index in [0.717, 1.165) is 11.3 Å². The van der Waals surface area contributed by atoms with Crippen LogP contribution in [0.25, 0.3) is 0 Å². The van der Waals surface area contributed by atoms with Gasteiger partial charge in [-0.1, -0.05) is 47.5 Å². The van der Waals surface area contributed by atoms with Crippen molar-refractivity contribution in [2.75, 3.05) is 6.61 Å². The molecule has 94 valence electrons. The van der Waals surface area contributed by atoms with Gasteiger partial charge in [0.1, 0.15) is 12.4 Å². The topological polar surface area (TPSA) is 35.2 Å². The molecule has 0 fully saturated rings. The molecular weight excluding hydrogens is 269 g/mol. The van der Waals surface area contributed by atoms with Crippen LogP contribution in [0, 0.1) is 0 Å². The van der Waals surface area contributed by atoms with E-state index < -0.39 is 0 Å². The summed E-state index contributed by atoms with van der Waals surface area (Å²) in [6.07, 6.45) is 0. The number of nitrogens with two attached hydrogens (primary N) is 1. The van der Waals surface area contributed by atoms with Crippen molar-refractivity contribution in [3.63, 3.8) is 0 Å². The van der Waals surface area contributed by atoms with Crippen LogP contribution in [0.5, 0.6) is 5.75 Å². The van der Waals surface area contributed by atoms with Crippen molar-refractivity contribution in [3.8, 4) is 5.75 Å². The lowest BCUT2D eigenvalue weighted by Crippen LogP contribution is -2.18. The first-order chi connectivity index (χ1) is 8.66. The number of hydrogen-bond acceptors (Lipinski definition) is 2. The fourth-order valence-electron chi connectivity index (χ4n) is 1.54. The predicted molar refractivity (Wildman–Crippen MR) is 75.3 cm³/mol. The van der Waals surface area contributed by atoms with Crippen LogP contribution >= 0.6 is 23.2 Å². The van der Waals surface area contributed by atoms with Crippen molar-refractivity contribution in [1.29, 1.82) is 0 Å². The molecule has 0 spiro atoms. The largest absolute Gasteiger partial charge is 0.492 e. The van der Waals surface area contributed by atoms with E-state index in [1.165, 1.54) is 0 Å². The molecule has 0 aliphatic carbocycles. The fourth-order valence-corrected chi connectivity index (χ4v) is 1.85. The van der Waals surface area contributed by atoms with Gasteiger partial charge < -0.3 is 10.5 Å². The van der Waals surface area contributed by atoms with Crippen LogP contribution in [0.4, 0.5) is 0 Å². The van der Waals surface area contributed by atoms with Crippen molar-refractivity contribution < 1.29 is 4.74 Å². The van der Waals surface area contributed by atoms with Gasteiger partial charge in [-0.3, -0.25) is 0 Å². The van der Waals surface area contributed by atoms with Gasteiger partial charge in [-0.15, -0.1) is 0 Å². The fraction of sp³-hybridized carbons (Fsp3) is 0.143. The summed E-state index contributed by atoms with van der Waals surface area (Å²) in [5.74, 6) is 0.799. The van der Waals surface area contributed by atoms with Gasteiger partial charge in [-0.05, 0) is 29.8 Å². The second-order valence-corrected chi connectivity index (χ2v) is 4.72. The molecule has 0 bridgehead atoms. The van der Waals surface area contributed by atoms with E-state index in [0.29, 0.717) is 16.7 Å². The molecule has 0 heterocycles. The van der Waals surface area contributed by atoms with Gasteiger partial charge in [0, 0.05) is 0 Å². The number of para-hydroxylation sites is 1. The molecule has 0 saturated heterocycles. The molecule has 4 heteroatoms. The van der Waals surface area contributed by atoms with E-state index in [1.54, 1.807) is 12.1 Å². The smallest absolute Gasteiger partial charge is 0.119 e. The van der Waals surface area contributed by atoms with Gasteiger partial charge in [0.15, 0.2) is 0 Å². The molecule has 0 amide bonds. The quantitative estimate of drug-likeness (QED) is 0.917. The van der Waals surface area contributed by atoms with Crippen LogP contribution in [-0.4, -0.2) is 6.61 Å². The first-order valence-corrected chi connectivity index (χ1v) is 6.31. The lowest BCUT2D eigenvalue weighted by molar-refractivity contribution is 0.290. The number of hydrogen-bond donors (Lipinski definition) is 1. The molecule has 1 atom stereocenters. The Kier molecular flexibility index (Phi) is 4.48. The summed E-state index contributed by atoms with van der Waals surface area (Å²) in [6.45, 7) is 0.391. The summed E-state index contributed by atoms with van der Waals surface area (Å²) in [5, 5.41) is 1.03. The van der Waals surface area contributed by atoms with E-state index in [4.69, 9.17) is 33.7 Å². The Morgan fingerprint density at radius 3 is 2.39 bits per heavy atom. The van der Waals surface area contributed by atoms with Gasteiger partial charge >= 0.3 is 0 Å². The highest BCUT2D eigenvalue weighted by Gasteiger charge is 2.09. The Morgan fingerprint density at radius 2 is 1.72 bits per heavy atom. The molecule has 2 rings (SSSR count). The monoisotopic (exact) mass is 281 g/mol. The van der Waals surface area contributed by atoms with Crippen molar-refractivity contribution in [2.24, 2.45) is 5.73 Å². The van der Waals surface area contributed by atoms with E-state index in [9.17, 15) is 0 Å². The van der Waals surface area contributed by atoms with Crippen molar-refractivity contribution in [3.05, 3.63) is 64.1 Å². The molecule has 0 aromatic heterocycles. The molecule has 1 unspecified atom stereocenters. The summed E-state index contributed by atoms with van der Waals surface area (Å²) in [6, 6.07) is 14.7. The summed E-state index contributed by atoms with van der Waals surface area (Å²) in [5.41, 5.74) is 6.94. The van der Waals surface area contributed by atoms with Crippen LogP contribution < -0.4 is 10.5 Å². The van der Waals surface area contributed by atoms with Gasteiger partial charge in [-0.2, -0.15) is 0 Å². The second-order valence-electron chi connectivity index (χ2n) is 3.90. The van der Waals surface area contributed by atoms with Gasteiger partial charge in [0.25, 0.3) is 0 Å². The van der Waals surface area contributed by atoms with Gasteiger partial charge in [0.05, 0.1) is 16.1 Å². The minimum absolute atomic E-state index is 0.236. The van der Waals surface area contributed by atoms with Crippen molar-refractivity contribution in [2.45, 2.75) is 6.04 Å². The van der Waals surface area contributed by atoms with Gasteiger partial charge in [0.2, 0.25) is 0 Å². The average Bonchev–Trinajstić information content (AvgIpc) is 2.40. The van der Waals surface area contributed by atoms with E-state index in [2.05, 4.69) is 0 Å². The molecular formula is C14H13Cl2NO. The normalized spacial score (nSPS) is 12.2. The van der Waals surface area contributed by atoms with Crippen molar-refractivity contribution in [1.82, 2.24) is 0 Å². The summed E-state index contributed by atoms with van der Waals surface area (Å²) in [4.78, 5) is 0. The standard InChI is InChI=1S/C14H13Cl2NO/c15-12-7-6-10(8-13(12)16)14(17)9-18-11-4-2-1-3-5-11/h1-8,14H,9,17H2. The Hall–Kier alpha value is -1.22. The zero-order valence-corrected chi connectivity index (χ0v) is 11.2. The third-order valence-corrected chi connectivity index (χ3v) is 3.28. The van der Waals surface area contributed by atoms with E-state index >= 15 is 0 Å². The molecule has 2 N–H and O–H groups in total. The molecule has 0 aliphatic heterocycles. The minimum atomic E-state index is -0.236. The first kappa shape index (κ1) is 13.2. The highest BCUT2D eigenvalue weighted by molar-refractivity contribution is 6.42. The molecule has 2 aromatic carbocycles. The third-order valence-electron chi connectivity index (χ3n) is 2.54. The summed E-state index contributed by atoms with van der Waals surface area (Å²) < 4.78 is 5.59. The lowest BCUT2D eigenvalue weighted by Gasteiger charge is -2.14. The highest BCUT2D eigenvalue weighted by atomic mass is 35.5. The van der Waals surface area contributed by atoms with Crippen LogP contribution in [0.15, 0.2) is 48.5 Å². The maximum Gasteiger partial charge on any atom is 0.119 e. The number of rotatable bonds is 4. The Morgan fingerprint density at radius 1 is 1.00 bits per heavy atom. The van der Waals surface area contributed by atoms with Crippen LogP contribution in [0.3, 0.4) is 0 Å². The van der Waals surface area contributed by atoms with Crippen molar-refractivity contribution >= 4 is 23.2 Å². The van der Waals surface area contributed by atoms with E-state index in [-0.39, 0.29) is 6.04 Å². The predicted octanol–water partition coefficient (Wildman–Crippen LogP) is 4.07. The molecule has 0 saturated carbocycles. The van der Waals surface area contributed by atoms with Crippen LogP contribution in [0.2, 0.25) is 10.0 Å². The molecule has 2 nitrogen and oxygen atoms in total. The van der Waals surface area contributed by atoms with Crippen LogP contribution in [0.1, 0.15) is 11.6 Å². The molecule has 18 heavy (non-hydrogen) atoms. The van der Waals surface area contributed by atoms with Crippen LogP contribution in [-0.2, 0) is 0 Å². The summed E-state index contributed by atoms with van der Waals surface area (Å²) in [7, 11) is 0. The molecule has 0 radical (unpaired) electrons. The first-order valence-electron chi connectivity index (χ1n) is 5.55. The van der Waals surface area contributed by atoms with Gasteiger partial charge in [-0.25, -0.2) is 0 Å². The number of halogens is 2. The number of ether oxygens (including phenoxy) is 1. The maximum absolute atomic E-state index is 6.04. The number of benzene rings is 2. The summed E-state index contributed by atoms with van der Waals surface area (Å²) >= 11 is 11.8. The molecule has 0 aliphatic rings. The van der Waals surface area contributed by atoms with E-state index in [1.807, 2.05) is 36.4 Å². The Labute approximate surface area is 116 Å². The SMILES string of the molecule is NC(COc1ccccc1)c1ccc(Cl)c(Cl)c1. The third kappa shape index (κ3) is 3.39. The highest BCUT2D eigenvalue weighted by Crippen LogP contribution is 2.25. The second kappa shape index (κ2) is 6.10. The zero-order valence-electron chi connectivity index (χ0n) is 9.64. The Bertz CT molecular complexity index is 516. The zero-order chi connectivity index (χ0) is 13.0. The molecule has 2 aromatic rings.